The Bertz CT molecular complexity index is 1140. The van der Waals surface area contributed by atoms with E-state index in [1.165, 1.54) is 18.2 Å². The molecule has 2 aromatic rings. The summed E-state index contributed by atoms with van der Waals surface area (Å²) in [5.74, 6) is -0.632. The van der Waals surface area contributed by atoms with Crippen LogP contribution in [-0.4, -0.2) is 41.7 Å². The quantitative estimate of drug-likeness (QED) is 0.253. The minimum Gasteiger partial charge on any atom is -0.490 e. The van der Waals surface area contributed by atoms with Gasteiger partial charge in [0.1, 0.15) is 19.0 Å². The van der Waals surface area contributed by atoms with Crippen molar-refractivity contribution in [3.8, 4) is 11.5 Å². The average molecular weight is 582 g/mol. The molecule has 0 saturated carbocycles. The number of hydrogen-bond acceptors (Lipinski definition) is 6. The molecule has 1 saturated heterocycles. The fourth-order valence-corrected chi connectivity index (χ4v) is 4.53. The molecule has 0 spiro atoms. The van der Waals surface area contributed by atoms with Gasteiger partial charge in [-0.1, -0.05) is 18.7 Å². The summed E-state index contributed by atoms with van der Waals surface area (Å²) in [6, 6.07) is 8.85. The molecule has 172 valence electrons. The van der Waals surface area contributed by atoms with Crippen LogP contribution < -0.4 is 14.8 Å². The highest BCUT2D eigenvalue weighted by atomic mass is 127. The summed E-state index contributed by atoms with van der Waals surface area (Å²) in [4.78, 5) is 38.4. The molecular weight excluding hydrogens is 562 g/mol. The summed E-state index contributed by atoms with van der Waals surface area (Å²) in [6.07, 6.45) is 3.19. The third-order valence-corrected chi connectivity index (χ3v) is 5.97. The lowest BCUT2D eigenvalue weighted by Gasteiger charge is -2.14. The van der Waals surface area contributed by atoms with Gasteiger partial charge in [-0.3, -0.25) is 19.3 Å². The van der Waals surface area contributed by atoms with Gasteiger partial charge in [0.05, 0.1) is 15.1 Å². The van der Waals surface area contributed by atoms with Crippen LogP contribution >= 0.6 is 34.4 Å². The minimum atomic E-state index is -0.610. The first-order chi connectivity index (χ1) is 15.8. The zero-order chi connectivity index (χ0) is 24.0. The van der Waals surface area contributed by atoms with Crippen molar-refractivity contribution in [2.24, 2.45) is 0 Å². The van der Waals surface area contributed by atoms with Crippen LogP contribution in [0.3, 0.4) is 0 Å². The molecule has 1 aliphatic heterocycles. The Hall–Kier alpha value is -2.86. The van der Waals surface area contributed by atoms with Gasteiger partial charge in [0, 0.05) is 5.69 Å². The molecule has 1 N–H and O–H groups in total. The Balaban J connectivity index is 1.77. The summed E-state index contributed by atoms with van der Waals surface area (Å²) in [6.45, 7) is 5.73. The van der Waals surface area contributed by atoms with E-state index < -0.39 is 29.4 Å². The van der Waals surface area contributed by atoms with Crippen molar-refractivity contribution in [2.45, 2.75) is 6.92 Å². The number of carbonyl (C=O) groups excluding carboxylic acids is 3. The van der Waals surface area contributed by atoms with Crippen LogP contribution in [0.25, 0.3) is 6.08 Å². The first kappa shape index (κ1) is 24.8. The fourth-order valence-electron chi connectivity index (χ4n) is 2.91. The molecule has 1 fully saturated rings. The lowest BCUT2D eigenvalue weighted by atomic mass is 10.2. The van der Waals surface area contributed by atoms with Crippen LogP contribution in [0, 0.1) is 9.39 Å². The molecule has 7 nitrogen and oxygen atoms in total. The molecule has 0 aromatic heterocycles. The highest BCUT2D eigenvalue weighted by Gasteiger charge is 2.36. The molecule has 0 aliphatic carbocycles. The van der Waals surface area contributed by atoms with Crippen molar-refractivity contribution in [1.82, 2.24) is 4.90 Å². The first-order valence-corrected chi connectivity index (χ1v) is 11.7. The van der Waals surface area contributed by atoms with Crippen LogP contribution in [0.4, 0.5) is 14.9 Å². The third kappa shape index (κ3) is 6.35. The molecular formula is C23H20FIN2O5S. The molecule has 33 heavy (non-hydrogen) atoms. The van der Waals surface area contributed by atoms with E-state index in [-0.39, 0.29) is 10.6 Å². The summed E-state index contributed by atoms with van der Waals surface area (Å²) < 4.78 is 25.4. The summed E-state index contributed by atoms with van der Waals surface area (Å²) in [5, 5.41) is 1.91. The van der Waals surface area contributed by atoms with Gasteiger partial charge in [-0.05, 0) is 83.2 Å². The van der Waals surface area contributed by atoms with Crippen LogP contribution in [0.5, 0.6) is 11.5 Å². The predicted molar refractivity (Wildman–Crippen MR) is 134 cm³/mol. The van der Waals surface area contributed by atoms with Crippen LogP contribution in [-0.2, 0) is 9.59 Å². The first-order valence-electron chi connectivity index (χ1n) is 9.83. The second kappa shape index (κ2) is 11.3. The Labute approximate surface area is 208 Å². The van der Waals surface area contributed by atoms with E-state index in [4.69, 9.17) is 9.47 Å². The molecule has 0 radical (unpaired) electrons. The third-order valence-electron chi connectivity index (χ3n) is 4.26. The van der Waals surface area contributed by atoms with Crippen LogP contribution in [0.1, 0.15) is 12.5 Å². The molecule has 10 heteroatoms. The fraction of sp³-hybridized carbons (Fsp3) is 0.174. The van der Waals surface area contributed by atoms with Gasteiger partial charge in [-0.25, -0.2) is 4.39 Å². The largest absolute Gasteiger partial charge is 0.490 e. The second-order valence-corrected chi connectivity index (χ2v) is 8.84. The van der Waals surface area contributed by atoms with Crippen molar-refractivity contribution in [1.29, 1.82) is 0 Å². The van der Waals surface area contributed by atoms with Gasteiger partial charge in [-0.15, -0.1) is 0 Å². The molecule has 0 bridgehead atoms. The molecule has 0 unspecified atom stereocenters. The monoisotopic (exact) mass is 582 g/mol. The maximum absolute atomic E-state index is 13.3. The zero-order valence-electron chi connectivity index (χ0n) is 17.6. The van der Waals surface area contributed by atoms with Gasteiger partial charge >= 0.3 is 0 Å². The number of nitrogens with zero attached hydrogens (tertiary/aromatic N) is 1. The van der Waals surface area contributed by atoms with Gasteiger partial charge in [0.2, 0.25) is 5.91 Å². The number of anilines is 1. The van der Waals surface area contributed by atoms with Crippen molar-refractivity contribution in [3.05, 3.63) is 68.9 Å². The summed E-state index contributed by atoms with van der Waals surface area (Å²) >= 11 is 2.84. The van der Waals surface area contributed by atoms with Crippen molar-refractivity contribution in [2.75, 3.05) is 25.1 Å². The van der Waals surface area contributed by atoms with Gasteiger partial charge in [0.25, 0.3) is 11.1 Å². The maximum Gasteiger partial charge on any atom is 0.294 e. The van der Waals surface area contributed by atoms with Gasteiger partial charge < -0.3 is 14.8 Å². The Morgan fingerprint density at radius 3 is 2.76 bits per heavy atom. The van der Waals surface area contributed by atoms with Gasteiger partial charge in [-0.2, -0.15) is 0 Å². The number of amides is 3. The molecule has 1 heterocycles. The van der Waals surface area contributed by atoms with Crippen molar-refractivity contribution >= 4 is 63.2 Å². The Kier molecular flexibility index (Phi) is 8.50. The zero-order valence-corrected chi connectivity index (χ0v) is 20.6. The van der Waals surface area contributed by atoms with E-state index in [1.807, 2.05) is 6.92 Å². The van der Waals surface area contributed by atoms with Crippen LogP contribution in [0.15, 0.2) is 54.0 Å². The van der Waals surface area contributed by atoms with Crippen molar-refractivity contribution < 1.29 is 28.2 Å². The molecule has 3 amide bonds. The molecule has 3 rings (SSSR count). The normalized spacial score (nSPS) is 14.5. The number of rotatable bonds is 9. The topological polar surface area (TPSA) is 84.9 Å². The van der Waals surface area contributed by atoms with Gasteiger partial charge in [0.15, 0.2) is 11.5 Å². The number of nitrogens with one attached hydrogen (secondary N) is 1. The number of halogens is 2. The Morgan fingerprint density at radius 1 is 1.27 bits per heavy atom. The lowest BCUT2D eigenvalue weighted by Crippen LogP contribution is -2.36. The molecule has 1 aliphatic rings. The van der Waals surface area contributed by atoms with E-state index in [2.05, 4.69) is 34.5 Å². The highest BCUT2D eigenvalue weighted by molar-refractivity contribution is 14.1. The van der Waals surface area contributed by atoms with E-state index in [1.54, 1.807) is 24.3 Å². The maximum atomic E-state index is 13.3. The molecule has 2 aromatic carbocycles. The van der Waals surface area contributed by atoms with E-state index >= 15 is 0 Å². The summed E-state index contributed by atoms with van der Waals surface area (Å²) in [5.41, 5.74) is 0.878. The number of carbonyl (C=O) groups is 3. The van der Waals surface area contributed by atoms with Crippen molar-refractivity contribution in [3.63, 3.8) is 0 Å². The standard InChI is InChI=1S/C23H20FIN2O5S/c1-3-8-32-21-17(25)9-14(10-18(21)31-4-2)11-19-22(29)27(23(30)33-19)13-20(28)26-16-7-5-6-15(24)12-16/h3,5-7,9-12H,1,4,8,13H2,2H3,(H,26,28)/b19-11+. The Morgan fingerprint density at radius 2 is 2.06 bits per heavy atom. The smallest absolute Gasteiger partial charge is 0.294 e. The highest BCUT2D eigenvalue weighted by Crippen LogP contribution is 2.37. The van der Waals surface area contributed by atoms with Crippen LogP contribution in [0.2, 0.25) is 0 Å². The number of ether oxygens (including phenoxy) is 2. The second-order valence-electron chi connectivity index (χ2n) is 6.69. The van der Waals surface area contributed by atoms with E-state index in [0.717, 1.165) is 26.3 Å². The van der Waals surface area contributed by atoms with E-state index in [9.17, 15) is 18.8 Å². The average Bonchev–Trinajstić information content (AvgIpc) is 3.00. The molecule has 0 atom stereocenters. The van der Waals surface area contributed by atoms with E-state index in [0.29, 0.717) is 30.3 Å². The predicted octanol–water partition coefficient (Wildman–Crippen LogP) is 5.07. The number of imide groups is 1. The summed E-state index contributed by atoms with van der Waals surface area (Å²) in [7, 11) is 0. The number of hydrogen-bond donors (Lipinski definition) is 1. The SMILES string of the molecule is C=CCOc1c(I)cc(/C=C2/SC(=O)N(CC(=O)Nc3cccc(F)c3)C2=O)cc1OCC. The lowest BCUT2D eigenvalue weighted by molar-refractivity contribution is -0.127. The minimum absolute atomic E-state index is 0.177. The number of benzene rings is 2. The number of thioether (sulfide) groups is 1.